The topological polar surface area (TPSA) is 38.3 Å². The molecule has 0 spiro atoms. The highest BCUT2D eigenvalue weighted by molar-refractivity contribution is 5.67. The van der Waals surface area contributed by atoms with Crippen LogP contribution in [-0.4, -0.2) is 19.2 Å². The Labute approximate surface area is 102 Å². The predicted octanol–water partition coefficient (Wildman–Crippen LogP) is 3.09. The minimum absolute atomic E-state index is 0.248. The molecule has 1 aromatic rings. The van der Waals surface area contributed by atoms with E-state index < -0.39 is 0 Å². The van der Waals surface area contributed by atoms with Crippen LogP contribution in [0.2, 0.25) is 0 Å². The van der Waals surface area contributed by atoms with E-state index in [2.05, 4.69) is 24.0 Å². The molecule has 0 unspecified atom stereocenters. The van der Waals surface area contributed by atoms with Gasteiger partial charge in [0.1, 0.15) is 0 Å². The molecule has 0 aromatic heterocycles. The van der Waals surface area contributed by atoms with E-state index in [1.54, 1.807) is 6.92 Å². The van der Waals surface area contributed by atoms with E-state index in [0.29, 0.717) is 13.2 Å². The first-order chi connectivity index (χ1) is 8.27. The largest absolute Gasteiger partial charge is 0.450 e. The first kappa shape index (κ1) is 13.3. The summed E-state index contributed by atoms with van der Waals surface area (Å²) in [7, 11) is 0. The minimum Gasteiger partial charge on any atom is -0.450 e. The smallest absolute Gasteiger partial charge is 0.407 e. The summed E-state index contributed by atoms with van der Waals surface area (Å²) >= 11 is 0. The zero-order valence-electron chi connectivity index (χ0n) is 10.2. The number of rotatable bonds is 6. The molecular weight excluding hydrogens is 214 g/mol. The number of ether oxygens (including phenoxy) is 1. The van der Waals surface area contributed by atoms with E-state index in [1.165, 1.54) is 5.56 Å². The van der Waals surface area contributed by atoms with E-state index in [0.717, 1.165) is 6.42 Å². The van der Waals surface area contributed by atoms with Crippen molar-refractivity contribution in [3.8, 4) is 0 Å². The maximum Gasteiger partial charge on any atom is 0.407 e. The van der Waals surface area contributed by atoms with Crippen molar-refractivity contribution in [1.29, 1.82) is 0 Å². The molecule has 3 nitrogen and oxygen atoms in total. The summed E-state index contributed by atoms with van der Waals surface area (Å²) in [6.45, 7) is 6.49. The predicted molar refractivity (Wildman–Crippen MR) is 69.0 cm³/mol. The van der Waals surface area contributed by atoms with Crippen LogP contribution in [0.5, 0.6) is 0 Å². The maximum absolute atomic E-state index is 11.2. The number of hydrogen-bond donors (Lipinski definition) is 1. The summed E-state index contributed by atoms with van der Waals surface area (Å²) in [6.07, 6.45) is 2.33. The Morgan fingerprint density at radius 3 is 2.76 bits per heavy atom. The zero-order valence-corrected chi connectivity index (χ0v) is 10.2. The molecule has 0 heterocycles. The number of nitrogens with one attached hydrogen (secondary N) is 1. The van der Waals surface area contributed by atoms with Gasteiger partial charge in [-0.1, -0.05) is 36.4 Å². The fourth-order valence-corrected chi connectivity index (χ4v) is 1.65. The van der Waals surface area contributed by atoms with Gasteiger partial charge >= 0.3 is 6.09 Å². The molecule has 3 heteroatoms. The Morgan fingerprint density at radius 1 is 1.47 bits per heavy atom. The third-order valence-corrected chi connectivity index (χ3v) is 2.49. The van der Waals surface area contributed by atoms with Crippen LogP contribution in [-0.2, 0) is 4.74 Å². The lowest BCUT2D eigenvalue weighted by atomic mass is 9.96. The monoisotopic (exact) mass is 233 g/mol. The van der Waals surface area contributed by atoms with Crippen LogP contribution >= 0.6 is 0 Å². The van der Waals surface area contributed by atoms with E-state index in [4.69, 9.17) is 4.74 Å². The molecule has 0 bridgehead atoms. The first-order valence-corrected chi connectivity index (χ1v) is 5.84. The van der Waals surface area contributed by atoms with Crippen molar-refractivity contribution in [3.05, 3.63) is 48.6 Å². The van der Waals surface area contributed by atoms with E-state index in [9.17, 15) is 4.79 Å². The first-order valence-electron chi connectivity index (χ1n) is 5.84. The van der Waals surface area contributed by atoms with Crippen LogP contribution < -0.4 is 5.32 Å². The molecular formula is C14H19NO2. The number of allylic oxidation sites excluding steroid dienone is 1. The quantitative estimate of drug-likeness (QED) is 0.767. The summed E-state index contributed by atoms with van der Waals surface area (Å²) in [5.74, 6) is 0.248. The standard InChI is InChI=1S/C14H19NO2/c1-3-8-13(11-15-14(16)17-4-2)12-9-6-5-7-10-12/h3,5-7,9-10,13H,1,4,8,11H2,2H3,(H,15,16)/t13-/m0/s1. The third-order valence-electron chi connectivity index (χ3n) is 2.49. The van der Waals surface area contributed by atoms with Gasteiger partial charge in [-0.2, -0.15) is 0 Å². The highest BCUT2D eigenvalue weighted by atomic mass is 16.5. The molecule has 1 rings (SSSR count). The van der Waals surface area contributed by atoms with Gasteiger partial charge in [0.15, 0.2) is 0 Å². The lowest BCUT2D eigenvalue weighted by Gasteiger charge is -2.16. The number of alkyl carbamates (subject to hydrolysis) is 1. The van der Waals surface area contributed by atoms with Crippen LogP contribution in [0, 0.1) is 0 Å². The Morgan fingerprint density at radius 2 is 2.18 bits per heavy atom. The molecule has 0 aliphatic carbocycles. The SMILES string of the molecule is C=CC[C@@H](CNC(=O)OCC)c1ccccc1. The Hall–Kier alpha value is -1.77. The molecule has 1 atom stereocenters. The van der Waals surface area contributed by atoms with E-state index in [-0.39, 0.29) is 12.0 Å². The molecule has 0 saturated heterocycles. The average molecular weight is 233 g/mol. The van der Waals surface area contributed by atoms with Gasteiger partial charge in [0.25, 0.3) is 0 Å². The summed E-state index contributed by atoms with van der Waals surface area (Å²) in [6, 6.07) is 10.1. The number of hydrogen-bond acceptors (Lipinski definition) is 2. The van der Waals surface area contributed by atoms with Crippen molar-refractivity contribution in [1.82, 2.24) is 5.32 Å². The van der Waals surface area contributed by atoms with Crippen molar-refractivity contribution >= 4 is 6.09 Å². The maximum atomic E-state index is 11.2. The summed E-state index contributed by atoms with van der Waals surface area (Å²) < 4.78 is 4.83. The molecule has 1 amide bonds. The molecule has 0 aliphatic heterocycles. The van der Waals surface area contributed by atoms with Crippen LogP contribution in [0.1, 0.15) is 24.8 Å². The molecule has 0 radical (unpaired) electrons. The molecule has 0 saturated carbocycles. The fourth-order valence-electron chi connectivity index (χ4n) is 1.65. The third kappa shape index (κ3) is 4.72. The second kappa shape index (κ2) is 7.49. The van der Waals surface area contributed by atoms with Crippen molar-refractivity contribution in [3.63, 3.8) is 0 Å². The molecule has 1 aromatic carbocycles. The van der Waals surface area contributed by atoms with Crippen LogP contribution in [0.3, 0.4) is 0 Å². The van der Waals surface area contributed by atoms with Crippen molar-refractivity contribution < 1.29 is 9.53 Å². The average Bonchev–Trinajstić information content (AvgIpc) is 2.36. The van der Waals surface area contributed by atoms with Crippen molar-refractivity contribution in [2.75, 3.05) is 13.2 Å². The van der Waals surface area contributed by atoms with Crippen molar-refractivity contribution in [2.45, 2.75) is 19.3 Å². The van der Waals surface area contributed by atoms with E-state index >= 15 is 0 Å². The lowest BCUT2D eigenvalue weighted by Crippen LogP contribution is -2.28. The highest BCUT2D eigenvalue weighted by Crippen LogP contribution is 2.18. The fraction of sp³-hybridized carbons (Fsp3) is 0.357. The van der Waals surface area contributed by atoms with Crippen LogP contribution in [0.25, 0.3) is 0 Å². The van der Waals surface area contributed by atoms with Gasteiger partial charge in [-0.05, 0) is 18.9 Å². The van der Waals surface area contributed by atoms with Gasteiger partial charge in [-0.25, -0.2) is 4.79 Å². The molecule has 1 N–H and O–H groups in total. The van der Waals surface area contributed by atoms with Crippen LogP contribution in [0.4, 0.5) is 4.79 Å². The number of carbonyl (C=O) groups excluding carboxylic acids is 1. The minimum atomic E-state index is -0.363. The van der Waals surface area contributed by atoms with Gasteiger partial charge in [-0.15, -0.1) is 6.58 Å². The number of carbonyl (C=O) groups is 1. The van der Waals surface area contributed by atoms with Gasteiger partial charge < -0.3 is 10.1 Å². The zero-order chi connectivity index (χ0) is 12.5. The Bertz CT molecular complexity index is 348. The molecule has 92 valence electrons. The number of amides is 1. The Kier molecular flexibility index (Phi) is 5.86. The second-order valence-electron chi connectivity index (χ2n) is 3.73. The Balaban J connectivity index is 2.55. The van der Waals surface area contributed by atoms with E-state index in [1.807, 2.05) is 24.3 Å². The normalized spacial score (nSPS) is 11.6. The summed E-state index contributed by atoms with van der Waals surface area (Å²) in [4.78, 5) is 11.2. The molecule has 0 aliphatic rings. The second-order valence-corrected chi connectivity index (χ2v) is 3.73. The molecule has 0 fully saturated rings. The molecule has 17 heavy (non-hydrogen) atoms. The summed E-state index contributed by atoms with van der Waals surface area (Å²) in [5, 5.41) is 2.76. The highest BCUT2D eigenvalue weighted by Gasteiger charge is 2.11. The van der Waals surface area contributed by atoms with Crippen molar-refractivity contribution in [2.24, 2.45) is 0 Å². The van der Waals surface area contributed by atoms with Gasteiger partial charge in [0.2, 0.25) is 0 Å². The van der Waals surface area contributed by atoms with Crippen LogP contribution in [0.15, 0.2) is 43.0 Å². The van der Waals surface area contributed by atoms with Gasteiger partial charge in [-0.3, -0.25) is 0 Å². The van der Waals surface area contributed by atoms with Gasteiger partial charge in [0, 0.05) is 12.5 Å². The summed E-state index contributed by atoms with van der Waals surface area (Å²) in [5.41, 5.74) is 1.20. The lowest BCUT2D eigenvalue weighted by molar-refractivity contribution is 0.151. The number of benzene rings is 1. The van der Waals surface area contributed by atoms with Gasteiger partial charge in [0.05, 0.1) is 6.61 Å².